The van der Waals surface area contributed by atoms with Crippen molar-refractivity contribution in [2.45, 2.75) is 0 Å². The van der Waals surface area contributed by atoms with Crippen molar-refractivity contribution < 1.29 is 24.6 Å². The second-order valence-electron chi connectivity index (χ2n) is 2.83. The lowest BCUT2D eigenvalue weighted by molar-refractivity contribution is 0.0695. The number of nitrogens with zero attached hydrogens (tertiary/aromatic N) is 1. The minimum Gasteiger partial charge on any atom is -0.478 e. The average Bonchev–Trinajstić information content (AvgIpc) is 2.25. The van der Waals surface area contributed by atoms with Crippen molar-refractivity contribution in [1.82, 2.24) is 0 Å². The Hall–Kier alpha value is -2.37. The number of hydrogen-bond acceptors (Lipinski definition) is 4. The first-order valence-corrected chi connectivity index (χ1v) is 4.23. The first-order valence-electron chi connectivity index (χ1n) is 4.23. The number of oxime groups is 1. The number of carboxylic acid groups (broad SMARTS) is 2. The largest absolute Gasteiger partial charge is 0.478 e. The summed E-state index contributed by atoms with van der Waals surface area (Å²) in [5.74, 6) is -2.40. The number of aromatic carboxylic acids is 2. The van der Waals surface area contributed by atoms with Crippen LogP contribution in [0.1, 0.15) is 26.3 Å². The van der Waals surface area contributed by atoms with Gasteiger partial charge in [-0.05, 0) is 12.1 Å². The Morgan fingerprint density at radius 3 is 2.50 bits per heavy atom. The monoisotopic (exact) mass is 223 g/mol. The van der Waals surface area contributed by atoms with E-state index in [1.807, 2.05) is 0 Å². The standard InChI is InChI=1S/C10H9NO5/c1-16-11-5-7-3-2-6(9(12)13)4-8(7)10(14)15/h2-5H,1H3,(H,12,13)(H,14,15). The number of hydrogen-bond donors (Lipinski definition) is 2. The second kappa shape index (κ2) is 4.92. The summed E-state index contributed by atoms with van der Waals surface area (Å²) < 4.78 is 0. The molecular weight excluding hydrogens is 214 g/mol. The Morgan fingerprint density at radius 1 is 1.31 bits per heavy atom. The maximum atomic E-state index is 10.9. The summed E-state index contributed by atoms with van der Waals surface area (Å²) in [6.45, 7) is 0. The van der Waals surface area contributed by atoms with Gasteiger partial charge in [-0.1, -0.05) is 11.2 Å². The van der Waals surface area contributed by atoms with Crippen molar-refractivity contribution in [2.75, 3.05) is 7.11 Å². The molecule has 0 aliphatic carbocycles. The van der Waals surface area contributed by atoms with Crippen LogP contribution >= 0.6 is 0 Å². The number of rotatable bonds is 4. The average molecular weight is 223 g/mol. The van der Waals surface area contributed by atoms with E-state index in [9.17, 15) is 9.59 Å². The molecule has 16 heavy (non-hydrogen) atoms. The fraction of sp³-hybridized carbons (Fsp3) is 0.100. The van der Waals surface area contributed by atoms with Crippen LogP contribution in [0.25, 0.3) is 0 Å². The first-order chi connectivity index (χ1) is 7.56. The maximum Gasteiger partial charge on any atom is 0.336 e. The van der Waals surface area contributed by atoms with E-state index in [2.05, 4.69) is 9.99 Å². The van der Waals surface area contributed by atoms with Gasteiger partial charge in [0.2, 0.25) is 0 Å². The topological polar surface area (TPSA) is 96.2 Å². The molecule has 0 unspecified atom stereocenters. The molecule has 0 saturated heterocycles. The fourth-order valence-electron chi connectivity index (χ4n) is 1.10. The molecule has 6 nitrogen and oxygen atoms in total. The number of carboxylic acids is 2. The Balaban J connectivity index is 3.24. The first kappa shape index (κ1) is 11.7. The molecule has 0 spiro atoms. The van der Waals surface area contributed by atoms with Crippen molar-refractivity contribution in [3.8, 4) is 0 Å². The van der Waals surface area contributed by atoms with Crippen LogP contribution in [0, 0.1) is 0 Å². The number of carbonyl (C=O) groups is 2. The van der Waals surface area contributed by atoms with Gasteiger partial charge in [-0.15, -0.1) is 0 Å². The van der Waals surface area contributed by atoms with Crippen LogP contribution in [0.5, 0.6) is 0 Å². The molecule has 1 aromatic rings. The predicted molar refractivity (Wildman–Crippen MR) is 55.0 cm³/mol. The van der Waals surface area contributed by atoms with Crippen LogP contribution in [-0.2, 0) is 4.84 Å². The molecule has 0 amide bonds. The molecular formula is C10H9NO5. The van der Waals surface area contributed by atoms with E-state index >= 15 is 0 Å². The molecule has 0 bridgehead atoms. The summed E-state index contributed by atoms with van der Waals surface area (Å²) in [6, 6.07) is 3.73. The van der Waals surface area contributed by atoms with Gasteiger partial charge in [0.1, 0.15) is 7.11 Å². The Labute approximate surface area is 90.8 Å². The van der Waals surface area contributed by atoms with Crippen LogP contribution in [0.4, 0.5) is 0 Å². The van der Waals surface area contributed by atoms with Crippen molar-refractivity contribution in [2.24, 2.45) is 5.16 Å². The van der Waals surface area contributed by atoms with Gasteiger partial charge in [0.05, 0.1) is 17.3 Å². The lowest BCUT2D eigenvalue weighted by atomic mass is 10.0. The van der Waals surface area contributed by atoms with Crippen molar-refractivity contribution in [3.05, 3.63) is 34.9 Å². The van der Waals surface area contributed by atoms with E-state index in [4.69, 9.17) is 10.2 Å². The molecule has 1 aromatic carbocycles. The molecule has 0 aromatic heterocycles. The third-order valence-electron chi connectivity index (χ3n) is 1.83. The Kier molecular flexibility index (Phi) is 3.60. The second-order valence-corrected chi connectivity index (χ2v) is 2.83. The van der Waals surface area contributed by atoms with Gasteiger partial charge in [-0.2, -0.15) is 0 Å². The summed E-state index contributed by atoms with van der Waals surface area (Å²) in [6.07, 6.45) is 1.20. The van der Waals surface area contributed by atoms with Crippen molar-refractivity contribution in [3.63, 3.8) is 0 Å². The van der Waals surface area contributed by atoms with Crippen molar-refractivity contribution in [1.29, 1.82) is 0 Å². The molecule has 2 N–H and O–H groups in total. The zero-order chi connectivity index (χ0) is 12.1. The van der Waals surface area contributed by atoms with Crippen LogP contribution in [-0.4, -0.2) is 35.5 Å². The summed E-state index contributed by atoms with van der Waals surface area (Å²) in [5, 5.41) is 21.0. The van der Waals surface area contributed by atoms with E-state index in [0.29, 0.717) is 0 Å². The minimum absolute atomic E-state index is 0.0908. The molecule has 0 saturated carbocycles. The zero-order valence-corrected chi connectivity index (χ0v) is 8.38. The summed E-state index contributed by atoms with van der Waals surface area (Å²) >= 11 is 0. The zero-order valence-electron chi connectivity index (χ0n) is 8.38. The number of benzene rings is 1. The predicted octanol–water partition coefficient (Wildman–Crippen LogP) is 1.06. The highest BCUT2D eigenvalue weighted by atomic mass is 16.6. The van der Waals surface area contributed by atoms with Gasteiger partial charge >= 0.3 is 11.9 Å². The molecule has 0 fully saturated rings. The third kappa shape index (κ3) is 2.57. The smallest absolute Gasteiger partial charge is 0.336 e. The van der Waals surface area contributed by atoms with Gasteiger partial charge in [0.25, 0.3) is 0 Å². The molecule has 0 atom stereocenters. The van der Waals surface area contributed by atoms with Gasteiger partial charge in [-0.3, -0.25) is 0 Å². The quantitative estimate of drug-likeness (QED) is 0.587. The molecule has 6 heteroatoms. The van der Waals surface area contributed by atoms with Crippen LogP contribution in [0.2, 0.25) is 0 Å². The third-order valence-corrected chi connectivity index (χ3v) is 1.83. The van der Waals surface area contributed by atoms with E-state index in [-0.39, 0.29) is 16.7 Å². The van der Waals surface area contributed by atoms with Gasteiger partial charge in [0.15, 0.2) is 0 Å². The lowest BCUT2D eigenvalue weighted by Crippen LogP contribution is -2.06. The Morgan fingerprint density at radius 2 is 2.00 bits per heavy atom. The van der Waals surface area contributed by atoms with Gasteiger partial charge in [0, 0.05) is 5.56 Å². The molecule has 0 aliphatic heterocycles. The molecule has 0 radical (unpaired) electrons. The van der Waals surface area contributed by atoms with Crippen LogP contribution in [0.15, 0.2) is 23.4 Å². The summed E-state index contributed by atoms with van der Waals surface area (Å²) in [4.78, 5) is 25.9. The summed E-state index contributed by atoms with van der Waals surface area (Å²) in [5.41, 5.74) is 0.0482. The van der Waals surface area contributed by atoms with E-state index in [1.165, 1.54) is 25.5 Å². The normalized spacial score (nSPS) is 10.3. The molecule has 0 aliphatic rings. The molecule has 1 rings (SSSR count). The van der Waals surface area contributed by atoms with Gasteiger partial charge < -0.3 is 15.1 Å². The minimum atomic E-state index is -1.22. The SMILES string of the molecule is CON=Cc1ccc(C(=O)O)cc1C(=O)O. The molecule has 0 heterocycles. The highest BCUT2D eigenvalue weighted by Crippen LogP contribution is 2.11. The Bertz CT molecular complexity index is 453. The van der Waals surface area contributed by atoms with E-state index in [0.717, 1.165) is 6.07 Å². The highest BCUT2D eigenvalue weighted by molar-refractivity contribution is 6.01. The van der Waals surface area contributed by atoms with Crippen LogP contribution < -0.4 is 0 Å². The molecule has 84 valence electrons. The van der Waals surface area contributed by atoms with E-state index < -0.39 is 11.9 Å². The van der Waals surface area contributed by atoms with Crippen molar-refractivity contribution >= 4 is 18.2 Å². The van der Waals surface area contributed by atoms with E-state index in [1.54, 1.807) is 0 Å². The maximum absolute atomic E-state index is 10.9. The van der Waals surface area contributed by atoms with Crippen LogP contribution in [0.3, 0.4) is 0 Å². The highest BCUT2D eigenvalue weighted by Gasteiger charge is 2.12. The summed E-state index contributed by atoms with van der Waals surface area (Å²) in [7, 11) is 1.32. The van der Waals surface area contributed by atoms with Gasteiger partial charge in [-0.25, -0.2) is 9.59 Å². The lowest BCUT2D eigenvalue weighted by Gasteiger charge is -2.02. The fourth-order valence-corrected chi connectivity index (χ4v) is 1.10.